The molecular formula is C10H16S. The fraction of sp³-hybridized carbons (Fsp3) is 0.600. The van der Waals surface area contributed by atoms with Crippen LogP contribution in [0.25, 0.3) is 0 Å². The third-order valence-corrected chi connectivity index (χ3v) is 2.77. The molecule has 11 heavy (non-hydrogen) atoms. The Hall–Kier alpha value is -0.170. The zero-order chi connectivity index (χ0) is 8.10. The Bertz CT molecular complexity index is 173. The SMILES string of the molecule is CC(C)=CCCC1=CCSC1. The van der Waals surface area contributed by atoms with E-state index < -0.39 is 0 Å². The molecule has 0 fully saturated rings. The molecule has 1 heterocycles. The van der Waals surface area contributed by atoms with Gasteiger partial charge in [0.05, 0.1) is 0 Å². The Kier molecular flexibility index (Phi) is 3.78. The minimum atomic E-state index is 1.23. The summed E-state index contributed by atoms with van der Waals surface area (Å²) in [7, 11) is 0. The van der Waals surface area contributed by atoms with Crippen LogP contribution in [0.1, 0.15) is 26.7 Å². The summed E-state index contributed by atoms with van der Waals surface area (Å²) in [4.78, 5) is 0. The van der Waals surface area contributed by atoms with Gasteiger partial charge < -0.3 is 0 Å². The first kappa shape index (κ1) is 8.92. The highest BCUT2D eigenvalue weighted by Crippen LogP contribution is 2.20. The molecule has 0 saturated heterocycles. The molecule has 0 atom stereocenters. The summed E-state index contributed by atoms with van der Waals surface area (Å²) < 4.78 is 0. The van der Waals surface area contributed by atoms with E-state index in [1.54, 1.807) is 5.57 Å². The summed E-state index contributed by atoms with van der Waals surface area (Å²) in [6.07, 6.45) is 7.21. The zero-order valence-corrected chi connectivity index (χ0v) is 8.21. The van der Waals surface area contributed by atoms with Gasteiger partial charge in [-0.3, -0.25) is 0 Å². The van der Waals surface area contributed by atoms with E-state index in [0.29, 0.717) is 0 Å². The largest absolute Gasteiger partial charge is 0.153 e. The summed E-state index contributed by atoms with van der Waals surface area (Å²) >= 11 is 2.03. The van der Waals surface area contributed by atoms with E-state index in [2.05, 4.69) is 26.0 Å². The van der Waals surface area contributed by atoms with Gasteiger partial charge in [-0.2, -0.15) is 11.8 Å². The molecule has 1 aliphatic heterocycles. The van der Waals surface area contributed by atoms with Gasteiger partial charge in [-0.1, -0.05) is 23.3 Å². The van der Waals surface area contributed by atoms with E-state index in [1.807, 2.05) is 11.8 Å². The standard InChI is InChI=1S/C10H16S/c1-9(2)4-3-5-10-6-7-11-8-10/h4,6H,3,5,7-8H2,1-2H3. The van der Waals surface area contributed by atoms with Gasteiger partial charge in [0.2, 0.25) is 0 Å². The smallest absolute Gasteiger partial charge is 0.0146 e. The first-order valence-electron chi connectivity index (χ1n) is 4.18. The second-order valence-electron chi connectivity index (χ2n) is 3.20. The molecular weight excluding hydrogens is 152 g/mol. The van der Waals surface area contributed by atoms with Crippen molar-refractivity contribution in [3.05, 3.63) is 23.3 Å². The van der Waals surface area contributed by atoms with Crippen molar-refractivity contribution in [3.8, 4) is 0 Å². The van der Waals surface area contributed by atoms with E-state index in [9.17, 15) is 0 Å². The van der Waals surface area contributed by atoms with Crippen molar-refractivity contribution in [2.75, 3.05) is 11.5 Å². The van der Waals surface area contributed by atoms with Crippen LogP contribution >= 0.6 is 11.8 Å². The number of allylic oxidation sites excluding steroid dienone is 2. The predicted molar refractivity (Wildman–Crippen MR) is 54.1 cm³/mol. The Balaban J connectivity index is 2.17. The molecule has 0 saturated carbocycles. The van der Waals surface area contributed by atoms with Gasteiger partial charge >= 0.3 is 0 Å². The van der Waals surface area contributed by atoms with Gasteiger partial charge in [0.1, 0.15) is 0 Å². The molecule has 0 aromatic rings. The number of rotatable bonds is 3. The van der Waals surface area contributed by atoms with E-state index in [1.165, 1.54) is 29.9 Å². The van der Waals surface area contributed by atoms with Crippen molar-refractivity contribution in [1.29, 1.82) is 0 Å². The molecule has 1 aliphatic rings. The molecule has 1 rings (SSSR count). The maximum Gasteiger partial charge on any atom is 0.0146 e. The molecule has 62 valence electrons. The van der Waals surface area contributed by atoms with Crippen LogP contribution in [0.15, 0.2) is 23.3 Å². The van der Waals surface area contributed by atoms with Gasteiger partial charge in [-0.15, -0.1) is 0 Å². The Morgan fingerprint density at radius 1 is 1.64 bits per heavy atom. The van der Waals surface area contributed by atoms with Gasteiger partial charge in [-0.05, 0) is 26.7 Å². The van der Waals surface area contributed by atoms with Gasteiger partial charge in [-0.25, -0.2) is 0 Å². The molecule has 0 spiro atoms. The summed E-state index contributed by atoms with van der Waals surface area (Å²) in [6, 6.07) is 0. The minimum Gasteiger partial charge on any atom is -0.153 e. The van der Waals surface area contributed by atoms with Crippen LogP contribution in [0.2, 0.25) is 0 Å². The van der Waals surface area contributed by atoms with Crippen LogP contribution < -0.4 is 0 Å². The molecule has 0 N–H and O–H groups in total. The van der Waals surface area contributed by atoms with Gasteiger partial charge in [0.25, 0.3) is 0 Å². The fourth-order valence-corrected chi connectivity index (χ4v) is 2.14. The maximum absolute atomic E-state index is 2.38. The highest BCUT2D eigenvalue weighted by Gasteiger charge is 2.02. The van der Waals surface area contributed by atoms with Crippen molar-refractivity contribution < 1.29 is 0 Å². The lowest BCUT2D eigenvalue weighted by Crippen LogP contribution is -1.81. The Morgan fingerprint density at radius 3 is 3.00 bits per heavy atom. The van der Waals surface area contributed by atoms with Crippen LogP contribution in [0.5, 0.6) is 0 Å². The predicted octanol–water partition coefficient (Wildman–Crippen LogP) is 3.41. The first-order valence-corrected chi connectivity index (χ1v) is 5.33. The number of hydrogen-bond acceptors (Lipinski definition) is 1. The number of thioether (sulfide) groups is 1. The average Bonchev–Trinajstić information content (AvgIpc) is 2.39. The summed E-state index contributed by atoms with van der Waals surface area (Å²) in [6.45, 7) is 4.33. The van der Waals surface area contributed by atoms with E-state index in [4.69, 9.17) is 0 Å². The number of hydrogen-bond donors (Lipinski definition) is 0. The lowest BCUT2D eigenvalue weighted by Gasteiger charge is -1.96. The summed E-state index contributed by atoms with van der Waals surface area (Å²) in [5.74, 6) is 2.51. The Labute approximate surface area is 73.8 Å². The molecule has 0 bridgehead atoms. The lowest BCUT2D eigenvalue weighted by molar-refractivity contribution is 0.974. The van der Waals surface area contributed by atoms with Crippen molar-refractivity contribution in [1.82, 2.24) is 0 Å². The third-order valence-electron chi connectivity index (χ3n) is 1.80. The molecule has 1 heteroatoms. The van der Waals surface area contributed by atoms with E-state index in [0.717, 1.165) is 0 Å². The van der Waals surface area contributed by atoms with Crippen molar-refractivity contribution in [3.63, 3.8) is 0 Å². The summed E-state index contributed by atoms with van der Waals surface area (Å²) in [5.41, 5.74) is 3.09. The third kappa shape index (κ3) is 3.66. The maximum atomic E-state index is 2.38. The second-order valence-corrected chi connectivity index (χ2v) is 4.23. The van der Waals surface area contributed by atoms with Gasteiger partial charge in [0.15, 0.2) is 0 Å². The van der Waals surface area contributed by atoms with Gasteiger partial charge in [0, 0.05) is 11.5 Å². The van der Waals surface area contributed by atoms with Crippen LogP contribution in [0, 0.1) is 0 Å². The second kappa shape index (κ2) is 4.66. The molecule has 0 nitrogen and oxygen atoms in total. The molecule has 0 aliphatic carbocycles. The van der Waals surface area contributed by atoms with Crippen molar-refractivity contribution in [2.24, 2.45) is 0 Å². The molecule has 0 unspecified atom stereocenters. The van der Waals surface area contributed by atoms with E-state index in [-0.39, 0.29) is 0 Å². The van der Waals surface area contributed by atoms with Crippen molar-refractivity contribution in [2.45, 2.75) is 26.7 Å². The van der Waals surface area contributed by atoms with Crippen molar-refractivity contribution >= 4 is 11.8 Å². The lowest BCUT2D eigenvalue weighted by atomic mass is 10.1. The van der Waals surface area contributed by atoms with Crippen LogP contribution in [0.3, 0.4) is 0 Å². The zero-order valence-electron chi connectivity index (χ0n) is 7.39. The Morgan fingerprint density at radius 2 is 2.45 bits per heavy atom. The quantitative estimate of drug-likeness (QED) is 0.582. The molecule has 0 radical (unpaired) electrons. The van der Waals surface area contributed by atoms with Crippen LogP contribution in [-0.4, -0.2) is 11.5 Å². The van der Waals surface area contributed by atoms with Crippen LogP contribution in [0.4, 0.5) is 0 Å². The molecule has 0 aromatic heterocycles. The average molecular weight is 168 g/mol. The fourth-order valence-electron chi connectivity index (χ4n) is 1.15. The van der Waals surface area contributed by atoms with Crippen LogP contribution in [-0.2, 0) is 0 Å². The highest BCUT2D eigenvalue weighted by atomic mass is 32.2. The van der Waals surface area contributed by atoms with E-state index >= 15 is 0 Å². The minimum absolute atomic E-state index is 1.23. The molecule has 0 aromatic carbocycles. The normalized spacial score (nSPS) is 16.4. The summed E-state index contributed by atoms with van der Waals surface area (Å²) in [5, 5.41) is 0. The highest BCUT2D eigenvalue weighted by molar-refractivity contribution is 7.99. The molecule has 0 amide bonds. The first-order chi connectivity index (χ1) is 5.29. The monoisotopic (exact) mass is 168 g/mol. The topological polar surface area (TPSA) is 0 Å².